The van der Waals surface area contributed by atoms with Gasteiger partial charge in [0.05, 0.1) is 5.71 Å². The second-order valence-corrected chi connectivity index (χ2v) is 4.35. The summed E-state index contributed by atoms with van der Waals surface area (Å²) in [5.74, 6) is 0. The van der Waals surface area contributed by atoms with E-state index in [1.807, 2.05) is 6.92 Å². The molecule has 1 rings (SSSR count). The first-order valence-corrected chi connectivity index (χ1v) is 5.50. The van der Waals surface area contributed by atoms with Gasteiger partial charge < -0.3 is 5.73 Å². The number of hydrazone groups is 1. The van der Waals surface area contributed by atoms with Crippen LogP contribution in [0.4, 0.5) is 0 Å². The van der Waals surface area contributed by atoms with Gasteiger partial charge in [0.15, 0.2) is 5.11 Å². The van der Waals surface area contributed by atoms with E-state index in [1.54, 1.807) is 0 Å². The normalized spacial score (nSPS) is 11.4. The van der Waals surface area contributed by atoms with Gasteiger partial charge in [-0.3, -0.25) is 5.43 Å². The summed E-state index contributed by atoms with van der Waals surface area (Å²) >= 11 is 4.70. The zero-order chi connectivity index (χ0) is 12.3. The van der Waals surface area contributed by atoms with Gasteiger partial charge in [0, 0.05) is 0 Å². The van der Waals surface area contributed by atoms with Gasteiger partial charge in [-0.2, -0.15) is 5.10 Å². The third kappa shape index (κ3) is 3.03. The van der Waals surface area contributed by atoms with Crippen LogP contribution < -0.4 is 11.2 Å². The van der Waals surface area contributed by atoms with E-state index < -0.39 is 0 Å². The van der Waals surface area contributed by atoms with Crippen molar-refractivity contribution in [3.63, 3.8) is 0 Å². The maximum Gasteiger partial charge on any atom is 0.184 e. The standard InChI is InChI=1S/C12H17N3S/c1-7-5-11(6-8(2)9(7)3)10(4)14-15-12(13)16/h5-6H,1-4H3,(H3,13,15,16)/b14-10+. The van der Waals surface area contributed by atoms with Crippen LogP contribution in [0.25, 0.3) is 0 Å². The molecular weight excluding hydrogens is 218 g/mol. The molecule has 0 heterocycles. The van der Waals surface area contributed by atoms with Crippen LogP contribution in [0.2, 0.25) is 0 Å². The van der Waals surface area contributed by atoms with Gasteiger partial charge in [-0.05, 0) is 74.3 Å². The minimum Gasteiger partial charge on any atom is -0.375 e. The highest BCUT2D eigenvalue weighted by Crippen LogP contribution is 2.15. The number of rotatable bonds is 2. The summed E-state index contributed by atoms with van der Waals surface area (Å²) in [5.41, 5.74) is 13.7. The van der Waals surface area contributed by atoms with E-state index in [2.05, 4.69) is 43.4 Å². The lowest BCUT2D eigenvalue weighted by Gasteiger charge is -2.09. The minimum absolute atomic E-state index is 0.180. The predicted molar refractivity (Wildman–Crippen MR) is 72.8 cm³/mol. The molecule has 0 unspecified atom stereocenters. The smallest absolute Gasteiger partial charge is 0.184 e. The maximum absolute atomic E-state index is 5.32. The topological polar surface area (TPSA) is 50.4 Å². The molecule has 86 valence electrons. The largest absolute Gasteiger partial charge is 0.375 e. The van der Waals surface area contributed by atoms with Gasteiger partial charge >= 0.3 is 0 Å². The van der Waals surface area contributed by atoms with Crippen molar-refractivity contribution in [3.8, 4) is 0 Å². The third-order valence-corrected chi connectivity index (χ3v) is 2.77. The Bertz CT molecular complexity index is 427. The van der Waals surface area contributed by atoms with E-state index >= 15 is 0 Å². The Morgan fingerprint density at radius 1 is 1.25 bits per heavy atom. The summed E-state index contributed by atoms with van der Waals surface area (Å²) in [6, 6.07) is 4.23. The average Bonchev–Trinajstić information content (AvgIpc) is 2.21. The molecule has 0 atom stereocenters. The van der Waals surface area contributed by atoms with Crippen LogP contribution in [-0.4, -0.2) is 10.8 Å². The first kappa shape index (κ1) is 12.6. The predicted octanol–water partition coefficient (Wildman–Crippen LogP) is 2.17. The number of nitrogens with zero attached hydrogens (tertiary/aromatic N) is 1. The Morgan fingerprint density at radius 2 is 1.75 bits per heavy atom. The Kier molecular flexibility index (Phi) is 4.01. The first-order chi connectivity index (χ1) is 7.41. The molecule has 0 aliphatic rings. The van der Waals surface area contributed by atoms with Crippen molar-refractivity contribution in [1.29, 1.82) is 0 Å². The molecule has 0 spiro atoms. The van der Waals surface area contributed by atoms with Gasteiger partial charge in [0.1, 0.15) is 0 Å². The number of nitrogens with one attached hydrogen (secondary N) is 1. The van der Waals surface area contributed by atoms with Crippen LogP contribution in [0, 0.1) is 20.8 Å². The first-order valence-electron chi connectivity index (χ1n) is 5.09. The van der Waals surface area contributed by atoms with Gasteiger partial charge in [-0.1, -0.05) is 0 Å². The molecule has 3 nitrogen and oxygen atoms in total. The molecule has 1 aromatic carbocycles. The van der Waals surface area contributed by atoms with Crippen molar-refractivity contribution >= 4 is 23.0 Å². The summed E-state index contributed by atoms with van der Waals surface area (Å²) in [4.78, 5) is 0. The number of thiocarbonyl (C=S) groups is 1. The highest BCUT2D eigenvalue weighted by molar-refractivity contribution is 7.80. The van der Waals surface area contributed by atoms with Gasteiger partial charge in [-0.25, -0.2) is 0 Å². The van der Waals surface area contributed by atoms with E-state index in [0.29, 0.717) is 0 Å². The van der Waals surface area contributed by atoms with E-state index in [0.717, 1.165) is 11.3 Å². The minimum atomic E-state index is 0.180. The van der Waals surface area contributed by atoms with Crippen LogP contribution >= 0.6 is 12.2 Å². The zero-order valence-corrected chi connectivity index (χ0v) is 10.9. The fourth-order valence-electron chi connectivity index (χ4n) is 1.45. The van der Waals surface area contributed by atoms with E-state index in [1.165, 1.54) is 16.7 Å². The van der Waals surface area contributed by atoms with Crippen molar-refractivity contribution in [2.75, 3.05) is 0 Å². The Labute approximate surface area is 102 Å². The van der Waals surface area contributed by atoms with Crippen molar-refractivity contribution in [3.05, 3.63) is 34.4 Å². The summed E-state index contributed by atoms with van der Waals surface area (Å²) < 4.78 is 0. The van der Waals surface area contributed by atoms with E-state index in [-0.39, 0.29) is 5.11 Å². The van der Waals surface area contributed by atoms with E-state index in [9.17, 15) is 0 Å². The van der Waals surface area contributed by atoms with Crippen molar-refractivity contribution in [2.45, 2.75) is 27.7 Å². The molecule has 0 fully saturated rings. The highest BCUT2D eigenvalue weighted by Gasteiger charge is 2.03. The molecule has 0 saturated carbocycles. The number of benzene rings is 1. The molecule has 0 amide bonds. The molecule has 16 heavy (non-hydrogen) atoms. The zero-order valence-electron chi connectivity index (χ0n) is 10.1. The fraction of sp³-hybridized carbons (Fsp3) is 0.333. The molecule has 0 radical (unpaired) electrons. The Morgan fingerprint density at radius 3 is 2.19 bits per heavy atom. The lowest BCUT2D eigenvalue weighted by molar-refractivity contribution is 1.03. The van der Waals surface area contributed by atoms with Crippen molar-refractivity contribution in [2.24, 2.45) is 10.8 Å². The lowest BCUT2D eigenvalue weighted by Crippen LogP contribution is -2.25. The Balaban J connectivity index is 3.05. The maximum atomic E-state index is 5.32. The van der Waals surface area contributed by atoms with Crippen molar-refractivity contribution in [1.82, 2.24) is 5.43 Å². The third-order valence-electron chi connectivity index (χ3n) is 2.68. The lowest BCUT2D eigenvalue weighted by atomic mass is 9.99. The quantitative estimate of drug-likeness (QED) is 0.469. The molecule has 0 aromatic heterocycles. The Hall–Kier alpha value is -1.42. The molecule has 4 heteroatoms. The van der Waals surface area contributed by atoms with Gasteiger partial charge in [0.2, 0.25) is 0 Å². The van der Waals surface area contributed by atoms with Crippen LogP contribution in [0.1, 0.15) is 29.2 Å². The molecule has 0 aliphatic heterocycles. The molecule has 0 aliphatic carbocycles. The second-order valence-electron chi connectivity index (χ2n) is 3.91. The molecule has 0 saturated heterocycles. The number of hydrogen-bond donors (Lipinski definition) is 2. The van der Waals surface area contributed by atoms with Crippen LogP contribution in [-0.2, 0) is 0 Å². The second kappa shape index (κ2) is 5.07. The van der Waals surface area contributed by atoms with Crippen LogP contribution in [0.15, 0.2) is 17.2 Å². The summed E-state index contributed by atoms with van der Waals surface area (Å²) in [7, 11) is 0. The van der Waals surface area contributed by atoms with Crippen LogP contribution in [0.5, 0.6) is 0 Å². The molecule has 0 bridgehead atoms. The highest BCUT2D eigenvalue weighted by atomic mass is 32.1. The molecule has 3 N–H and O–H groups in total. The summed E-state index contributed by atoms with van der Waals surface area (Å²) in [6.45, 7) is 8.24. The number of aryl methyl sites for hydroxylation is 2. The molecular formula is C12H17N3S. The number of hydrogen-bond acceptors (Lipinski definition) is 2. The van der Waals surface area contributed by atoms with Crippen LogP contribution in [0.3, 0.4) is 0 Å². The average molecular weight is 235 g/mol. The van der Waals surface area contributed by atoms with Gasteiger partial charge in [0.25, 0.3) is 0 Å². The molecule has 1 aromatic rings. The number of nitrogens with two attached hydrogens (primary N) is 1. The monoisotopic (exact) mass is 235 g/mol. The van der Waals surface area contributed by atoms with E-state index in [4.69, 9.17) is 18.0 Å². The van der Waals surface area contributed by atoms with Gasteiger partial charge in [-0.15, -0.1) is 0 Å². The summed E-state index contributed by atoms with van der Waals surface area (Å²) in [6.07, 6.45) is 0. The SMILES string of the molecule is C/C(=N\NC(N)=S)c1cc(C)c(C)c(C)c1. The fourth-order valence-corrected chi connectivity index (χ4v) is 1.49. The summed E-state index contributed by atoms with van der Waals surface area (Å²) in [5, 5.41) is 4.29. The van der Waals surface area contributed by atoms with Crippen molar-refractivity contribution < 1.29 is 0 Å².